The Hall–Kier alpha value is -4.31. The lowest BCUT2D eigenvalue weighted by molar-refractivity contribution is -0.123. The molecule has 2 fully saturated rings. The molecule has 43 heavy (non-hydrogen) atoms. The molecule has 1 saturated heterocycles. The third kappa shape index (κ3) is 5.35. The number of para-hydroxylation sites is 1. The van der Waals surface area contributed by atoms with E-state index in [2.05, 4.69) is 30.6 Å². The van der Waals surface area contributed by atoms with Gasteiger partial charge in [-0.2, -0.15) is 15.0 Å². The topological polar surface area (TPSA) is 182 Å². The average molecular weight is 604 g/mol. The minimum atomic E-state index is -0.880. The van der Waals surface area contributed by atoms with Crippen LogP contribution in [-0.4, -0.2) is 68.9 Å². The van der Waals surface area contributed by atoms with Gasteiger partial charge in [0.2, 0.25) is 5.95 Å². The molecule has 1 aliphatic carbocycles. The zero-order valence-corrected chi connectivity index (χ0v) is 23.8. The number of hydrogen-bond donors (Lipinski definition) is 4. The first kappa shape index (κ1) is 27.5. The van der Waals surface area contributed by atoms with E-state index in [4.69, 9.17) is 9.72 Å². The smallest absolute Gasteiger partial charge is 0.351 e. The molecule has 1 aromatic carbocycles. The van der Waals surface area contributed by atoms with Crippen LogP contribution in [0.4, 0.5) is 17.6 Å². The van der Waals surface area contributed by atoms with Crippen LogP contribution in [0.3, 0.4) is 0 Å². The van der Waals surface area contributed by atoms with Gasteiger partial charge in [0, 0.05) is 19.0 Å². The van der Waals surface area contributed by atoms with E-state index in [0.29, 0.717) is 36.4 Å². The fourth-order valence-corrected chi connectivity index (χ4v) is 6.51. The van der Waals surface area contributed by atoms with Crippen LogP contribution in [0.25, 0.3) is 21.4 Å². The summed E-state index contributed by atoms with van der Waals surface area (Å²) < 4.78 is 9.75. The Bertz CT molecular complexity index is 1840. The first-order valence-corrected chi connectivity index (χ1v) is 14.9. The molecule has 0 bridgehead atoms. The molecular weight excluding hydrogens is 574 g/mol. The van der Waals surface area contributed by atoms with E-state index in [1.165, 1.54) is 10.8 Å². The van der Waals surface area contributed by atoms with Crippen LogP contribution < -0.4 is 16.3 Å². The molecular formula is C28H29N9O5S. The maximum atomic E-state index is 12.9. The highest BCUT2D eigenvalue weighted by atomic mass is 32.1. The van der Waals surface area contributed by atoms with E-state index in [1.807, 2.05) is 24.3 Å². The number of Topliss-reactive ketones (excluding diaryl/α,β-unsaturated/α-hetero) is 1. The highest BCUT2D eigenvalue weighted by molar-refractivity contribution is 7.18. The number of anilines is 3. The summed E-state index contributed by atoms with van der Waals surface area (Å²) in [5.74, 6) is 0.970. The van der Waals surface area contributed by atoms with Gasteiger partial charge in [-0.25, -0.2) is 14.8 Å². The van der Waals surface area contributed by atoms with Crippen molar-refractivity contribution in [2.75, 3.05) is 17.2 Å². The van der Waals surface area contributed by atoms with Gasteiger partial charge in [0.05, 0.1) is 41.8 Å². The molecule has 4 atom stereocenters. The maximum absolute atomic E-state index is 12.9. The summed E-state index contributed by atoms with van der Waals surface area (Å²) in [6.45, 7) is 0.0498. The summed E-state index contributed by atoms with van der Waals surface area (Å²) in [5.41, 5.74) is 1.32. The van der Waals surface area contributed by atoms with Crippen LogP contribution in [0.5, 0.6) is 0 Å². The lowest BCUT2D eigenvalue weighted by Crippen LogP contribution is -2.28. The number of ketones is 1. The molecule has 1 saturated carbocycles. The van der Waals surface area contributed by atoms with Crippen molar-refractivity contribution in [2.45, 2.75) is 63.1 Å². The number of benzene rings is 1. The average Bonchev–Trinajstić information content (AvgIpc) is 3.72. The van der Waals surface area contributed by atoms with Crippen molar-refractivity contribution in [3.63, 3.8) is 0 Å². The van der Waals surface area contributed by atoms with Crippen LogP contribution in [-0.2, 0) is 16.1 Å². The summed E-state index contributed by atoms with van der Waals surface area (Å²) in [7, 11) is 0. The van der Waals surface area contributed by atoms with E-state index < -0.39 is 24.1 Å². The summed E-state index contributed by atoms with van der Waals surface area (Å²) in [5, 5.41) is 26.7. The van der Waals surface area contributed by atoms with Gasteiger partial charge in [-0.3, -0.25) is 9.36 Å². The number of ether oxygens (including phenoxy) is 1. The number of rotatable bonds is 8. The monoisotopic (exact) mass is 603 g/mol. The lowest BCUT2D eigenvalue weighted by atomic mass is 9.94. The molecule has 0 spiro atoms. The molecule has 7 rings (SSSR count). The van der Waals surface area contributed by atoms with Crippen LogP contribution in [0.1, 0.15) is 49.4 Å². The molecule has 0 amide bonds. The first-order valence-electron chi connectivity index (χ1n) is 14.1. The van der Waals surface area contributed by atoms with Gasteiger partial charge in [-0.05, 0) is 31.0 Å². The van der Waals surface area contributed by atoms with Gasteiger partial charge < -0.3 is 30.2 Å². The van der Waals surface area contributed by atoms with Crippen molar-refractivity contribution >= 4 is 56.1 Å². The predicted octanol–water partition coefficient (Wildman–Crippen LogP) is 2.67. The zero-order chi connectivity index (χ0) is 29.5. The van der Waals surface area contributed by atoms with Crippen molar-refractivity contribution < 1.29 is 19.7 Å². The van der Waals surface area contributed by atoms with Gasteiger partial charge in [-0.15, -0.1) is 11.3 Å². The highest BCUT2D eigenvalue weighted by Crippen LogP contribution is 2.31. The van der Waals surface area contributed by atoms with Crippen LogP contribution in [0.2, 0.25) is 0 Å². The second kappa shape index (κ2) is 11.4. The van der Waals surface area contributed by atoms with Gasteiger partial charge in [0.1, 0.15) is 23.2 Å². The number of imidazole rings is 1. The fourth-order valence-electron chi connectivity index (χ4n) is 5.60. The van der Waals surface area contributed by atoms with Crippen molar-refractivity contribution in [1.82, 2.24) is 34.1 Å². The van der Waals surface area contributed by atoms with Crippen molar-refractivity contribution in [1.29, 1.82) is 0 Å². The van der Waals surface area contributed by atoms with E-state index in [9.17, 15) is 19.8 Å². The zero-order valence-electron chi connectivity index (χ0n) is 23.0. The predicted molar refractivity (Wildman–Crippen MR) is 158 cm³/mol. The second-order valence-electron chi connectivity index (χ2n) is 10.6. The number of aliphatic hydroxyl groups is 2. The normalized spacial score (nSPS) is 22.4. The van der Waals surface area contributed by atoms with E-state index in [-0.39, 0.29) is 36.6 Å². The first-order chi connectivity index (χ1) is 21.0. The number of nitrogens with one attached hydrogen (secondary N) is 2. The Morgan fingerprint density at radius 1 is 1.07 bits per heavy atom. The molecule has 14 nitrogen and oxygen atoms in total. The highest BCUT2D eigenvalue weighted by Gasteiger charge is 2.35. The Morgan fingerprint density at radius 3 is 2.74 bits per heavy atom. The molecule has 1 unspecified atom stereocenters. The lowest BCUT2D eigenvalue weighted by Gasteiger charge is -2.22. The summed E-state index contributed by atoms with van der Waals surface area (Å²) >= 11 is 1.58. The Kier molecular flexibility index (Phi) is 7.30. The van der Waals surface area contributed by atoms with Crippen LogP contribution in [0.15, 0.2) is 47.7 Å². The molecule has 4 N–H and O–H groups in total. The Labute approximate surface area is 248 Å². The number of thiazole rings is 1. The maximum Gasteiger partial charge on any atom is 0.351 e. The number of carbonyl (C=O) groups is 1. The molecule has 5 aromatic rings. The van der Waals surface area contributed by atoms with Crippen LogP contribution in [0, 0.1) is 0 Å². The summed E-state index contributed by atoms with van der Waals surface area (Å²) in [6, 6.07) is 9.14. The number of nitrogens with zero attached hydrogens (tertiary/aromatic N) is 7. The quantitative estimate of drug-likeness (QED) is 0.204. The van der Waals surface area contributed by atoms with Crippen molar-refractivity contribution in [2.24, 2.45) is 0 Å². The number of hydrogen-bond acceptors (Lipinski definition) is 13. The van der Waals surface area contributed by atoms with Gasteiger partial charge in [0.25, 0.3) is 0 Å². The molecule has 0 radical (unpaired) electrons. The molecule has 2 aliphatic rings. The number of carbonyl (C=O) groups excluding carboxylic acids is 1. The Balaban J connectivity index is 1.20. The minimum absolute atomic E-state index is 0.149. The molecule has 1 aliphatic heterocycles. The molecule has 15 heteroatoms. The minimum Gasteiger partial charge on any atom is -0.394 e. The van der Waals surface area contributed by atoms with Crippen molar-refractivity contribution in [3.8, 4) is 0 Å². The third-order valence-corrected chi connectivity index (χ3v) is 8.83. The van der Waals surface area contributed by atoms with E-state index in [0.717, 1.165) is 28.1 Å². The summed E-state index contributed by atoms with van der Waals surface area (Å²) in [4.78, 5) is 48.4. The number of aliphatic hydroxyl groups excluding tert-OH is 2. The Morgan fingerprint density at radius 2 is 1.95 bits per heavy atom. The van der Waals surface area contributed by atoms with Gasteiger partial charge in [0.15, 0.2) is 22.8 Å². The van der Waals surface area contributed by atoms with E-state index >= 15 is 0 Å². The molecule has 5 heterocycles. The van der Waals surface area contributed by atoms with Gasteiger partial charge >= 0.3 is 5.69 Å². The summed E-state index contributed by atoms with van der Waals surface area (Å²) in [6.07, 6.45) is 3.96. The SMILES string of the molecule is O=C1CCCC[C@H]1n1cnc2c(NCc3nc4ccccc4s3)nc(Nc3ccn(C4C[C@H](O)[C@@H](CO)O4)c(=O)n3)nc21. The molecule has 222 valence electrons. The third-order valence-electron chi connectivity index (χ3n) is 7.79. The standard InChI is InChI=1S/C28H29N9O5S/c38-13-19-18(40)11-23(42-19)36-10-9-21(33-28(36)41)32-27-34-25(29-12-22-31-15-5-1-4-8-20(15)43-22)24-26(35-27)37(14-30-24)16-6-2-3-7-17(16)39/h1,4-5,8-10,14,16,18-19,23,38,40H,2-3,6-7,11-13H2,(H2,29,32,33,34,35,41)/t16-,18+,19-,23?/m1/s1. The second-order valence-corrected chi connectivity index (χ2v) is 11.7. The molecule has 4 aromatic heterocycles. The van der Waals surface area contributed by atoms with Crippen molar-refractivity contribution in [3.05, 3.63) is 58.3 Å². The fraction of sp³-hybridized carbons (Fsp3) is 0.393. The van der Waals surface area contributed by atoms with E-state index in [1.54, 1.807) is 28.3 Å². The van der Waals surface area contributed by atoms with Crippen LogP contribution >= 0.6 is 11.3 Å². The largest absolute Gasteiger partial charge is 0.394 e. The number of fused-ring (bicyclic) bond motifs is 2. The van der Waals surface area contributed by atoms with Gasteiger partial charge in [-0.1, -0.05) is 18.6 Å². The number of aromatic nitrogens is 7.